The predicted molar refractivity (Wildman–Crippen MR) is 141 cm³/mol. The van der Waals surface area contributed by atoms with Crippen LogP contribution in [-0.2, 0) is 6.42 Å². The highest BCUT2D eigenvalue weighted by molar-refractivity contribution is 7.09. The van der Waals surface area contributed by atoms with Gasteiger partial charge in [0.2, 0.25) is 5.95 Å². The minimum Gasteiger partial charge on any atom is -0.493 e. The fraction of sp³-hybridized carbons (Fsp3) is 0.160. The zero-order valence-electron chi connectivity index (χ0n) is 19.2. The Morgan fingerprint density at radius 3 is 2.54 bits per heavy atom. The highest BCUT2D eigenvalue weighted by atomic mass is 35.5. The summed E-state index contributed by atoms with van der Waals surface area (Å²) in [5, 5.41) is 11.4. The van der Waals surface area contributed by atoms with Crippen molar-refractivity contribution in [1.82, 2.24) is 19.7 Å². The molecular weight excluding hydrogens is 484 g/mol. The normalized spacial score (nSPS) is 11.1. The van der Waals surface area contributed by atoms with Crippen molar-refractivity contribution in [3.8, 4) is 28.4 Å². The summed E-state index contributed by atoms with van der Waals surface area (Å²) in [6, 6.07) is 17.1. The van der Waals surface area contributed by atoms with Gasteiger partial charge in [0.1, 0.15) is 5.82 Å². The number of thiophene rings is 1. The van der Waals surface area contributed by atoms with Gasteiger partial charge < -0.3 is 20.5 Å². The number of hydrogen-bond acceptors (Lipinski definition) is 8. The monoisotopic (exact) mass is 506 g/mol. The molecule has 0 radical (unpaired) electrons. The zero-order chi connectivity index (χ0) is 24.4. The number of nitrogens with zero attached hydrogens (tertiary/aromatic N) is 4. The molecule has 0 bridgehead atoms. The lowest BCUT2D eigenvalue weighted by Gasteiger charge is -2.11. The Balaban J connectivity index is 1.62. The van der Waals surface area contributed by atoms with E-state index in [1.165, 1.54) is 4.88 Å². The first kappa shape index (κ1) is 22.9. The van der Waals surface area contributed by atoms with Crippen LogP contribution >= 0.6 is 22.9 Å². The summed E-state index contributed by atoms with van der Waals surface area (Å²) >= 11 is 7.79. The first-order chi connectivity index (χ1) is 17.1. The number of nitrogen functional groups attached to an aromatic ring is 1. The molecule has 5 aromatic rings. The summed E-state index contributed by atoms with van der Waals surface area (Å²) in [6.07, 6.45) is 0.867. The third kappa shape index (κ3) is 4.60. The minimum atomic E-state index is 0.428. The van der Waals surface area contributed by atoms with E-state index in [-0.39, 0.29) is 0 Å². The quantitative estimate of drug-likeness (QED) is 0.288. The number of nitrogens with two attached hydrogens (primary N) is 1. The van der Waals surface area contributed by atoms with Crippen LogP contribution in [0, 0.1) is 0 Å². The van der Waals surface area contributed by atoms with E-state index < -0.39 is 0 Å². The molecule has 2 aromatic carbocycles. The number of ether oxygens (including phenoxy) is 2. The number of benzene rings is 2. The number of methoxy groups -OCH3 is 2. The highest BCUT2D eigenvalue weighted by Gasteiger charge is 2.20. The molecule has 0 spiro atoms. The van der Waals surface area contributed by atoms with Crippen LogP contribution < -0.4 is 20.5 Å². The van der Waals surface area contributed by atoms with Gasteiger partial charge in [-0.15, -0.1) is 16.4 Å². The average Bonchev–Trinajstić information content (AvgIpc) is 3.51. The lowest BCUT2D eigenvalue weighted by Crippen LogP contribution is -2.08. The molecule has 0 atom stereocenters. The molecule has 178 valence electrons. The number of nitrogens with one attached hydrogen (secondary N) is 1. The second-order valence-electron chi connectivity index (χ2n) is 7.69. The van der Waals surface area contributed by atoms with E-state index in [9.17, 15) is 0 Å². The van der Waals surface area contributed by atoms with Gasteiger partial charge in [-0.2, -0.15) is 4.98 Å². The third-order valence-corrected chi connectivity index (χ3v) is 6.72. The zero-order valence-corrected chi connectivity index (χ0v) is 20.7. The summed E-state index contributed by atoms with van der Waals surface area (Å²) in [7, 11) is 3.20. The van der Waals surface area contributed by atoms with Crippen LogP contribution in [0.3, 0.4) is 0 Å². The molecule has 8 nitrogen and oxygen atoms in total. The van der Waals surface area contributed by atoms with E-state index >= 15 is 0 Å². The lowest BCUT2D eigenvalue weighted by atomic mass is 10.1. The Morgan fingerprint density at radius 1 is 1.03 bits per heavy atom. The maximum Gasteiger partial charge on any atom is 0.225 e. The van der Waals surface area contributed by atoms with Crippen molar-refractivity contribution in [2.45, 2.75) is 6.42 Å². The van der Waals surface area contributed by atoms with E-state index in [1.54, 1.807) is 42.4 Å². The van der Waals surface area contributed by atoms with Gasteiger partial charge in [0.05, 0.1) is 31.0 Å². The third-order valence-electron chi connectivity index (χ3n) is 5.53. The van der Waals surface area contributed by atoms with Gasteiger partial charge in [-0.05, 0) is 60.3 Å². The van der Waals surface area contributed by atoms with E-state index in [1.807, 2.05) is 36.4 Å². The topological polar surface area (TPSA) is 100 Å². The van der Waals surface area contributed by atoms with Crippen molar-refractivity contribution in [1.29, 1.82) is 0 Å². The van der Waals surface area contributed by atoms with Crippen LogP contribution in [0.2, 0.25) is 5.02 Å². The van der Waals surface area contributed by atoms with Crippen LogP contribution in [0.25, 0.3) is 28.0 Å². The molecule has 10 heteroatoms. The number of anilines is 2. The highest BCUT2D eigenvalue weighted by Crippen LogP contribution is 2.37. The number of aromatic nitrogens is 4. The van der Waals surface area contributed by atoms with Gasteiger partial charge >= 0.3 is 0 Å². The van der Waals surface area contributed by atoms with Crippen LogP contribution in [0.15, 0.2) is 60.0 Å². The van der Waals surface area contributed by atoms with Crippen molar-refractivity contribution in [3.63, 3.8) is 0 Å². The fourth-order valence-electron chi connectivity index (χ4n) is 3.81. The largest absolute Gasteiger partial charge is 0.493 e. The van der Waals surface area contributed by atoms with Crippen LogP contribution in [0.1, 0.15) is 4.88 Å². The van der Waals surface area contributed by atoms with Gasteiger partial charge in [-0.25, -0.2) is 9.67 Å². The smallest absolute Gasteiger partial charge is 0.225 e. The van der Waals surface area contributed by atoms with Gasteiger partial charge in [0.15, 0.2) is 17.1 Å². The Morgan fingerprint density at radius 2 is 1.83 bits per heavy atom. The predicted octanol–water partition coefficient (Wildman–Crippen LogP) is 5.45. The maximum atomic E-state index is 6.60. The maximum absolute atomic E-state index is 6.60. The Kier molecular flexibility index (Phi) is 6.43. The lowest BCUT2D eigenvalue weighted by molar-refractivity contribution is 0.355. The van der Waals surface area contributed by atoms with Crippen LogP contribution in [0.5, 0.6) is 11.5 Å². The first-order valence-corrected chi connectivity index (χ1v) is 12.1. The number of hydrogen-bond donors (Lipinski definition) is 2. The molecule has 0 aliphatic heterocycles. The molecule has 3 heterocycles. The Bertz CT molecular complexity index is 1470. The van der Waals surface area contributed by atoms with E-state index in [4.69, 9.17) is 36.9 Å². The standard InChI is InChI=1S/C25H23ClN6O2S/c1-33-19-10-5-15(14-20(19)34-2)22-21-23(27)32(17-8-6-16(26)7-9-17)31-24(21)30-25(29-22)28-12-11-18-4-3-13-35-18/h3-10,13-14H,11-12,27H2,1-2H3,(H,28,30,31). The van der Waals surface area contributed by atoms with Gasteiger partial charge in [0.25, 0.3) is 0 Å². The van der Waals surface area contributed by atoms with Crippen LogP contribution in [-0.4, -0.2) is 40.5 Å². The molecule has 0 unspecified atom stereocenters. The van der Waals surface area contributed by atoms with Gasteiger partial charge in [-0.3, -0.25) is 0 Å². The number of fused-ring (bicyclic) bond motifs is 1. The van der Waals surface area contributed by atoms with E-state index in [0.717, 1.165) is 17.7 Å². The van der Waals surface area contributed by atoms with Crippen molar-refractivity contribution < 1.29 is 9.47 Å². The molecule has 0 fully saturated rings. The molecular formula is C25H23ClN6O2S. The van der Waals surface area contributed by atoms with Crippen molar-refractivity contribution in [2.75, 3.05) is 31.8 Å². The molecule has 0 aliphatic carbocycles. The first-order valence-electron chi connectivity index (χ1n) is 10.9. The van der Waals surface area contributed by atoms with Crippen molar-refractivity contribution in [2.24, 2.45) is 0 Å². The molecule has 0 amide bonds. The van der Waals surface area contributed by atoms with Crippen molar-refractivity contribution >= 4 is 45.7 Å². The minimum absolute atomic E-state index is 0.428. The summed E-state index contributed by atoms with van der Waals surface area (Å²) in [4.78, 5) is 10.8. The summed E-state index contributed by atoms with van der Waals surface area (Å²) in [5.74, 6) is 2.12. The number of rotatable bonds is 8. The van der Waals surface area contributed by atoms with Crippen LogP contribution in [0.4, 0.5) is 11.8 Å². The number of halogens is 1. The fourth-order valence-corrected chi connectivity index (χ4v) is 4.65. The summed E-state index contributed by atoms with van der Waals surface area (Å²) < 4.78 is 12.6. The molecule has 0 saturated heterocycles. The molecule has 3 aromatic heterocycles. The molecule has 0 aliphatic rings. The van der Waals surface area contributed by atoms with E-state index in [0.29, 0.717) is 51.6 Å². The SMILES string of the molecule is COc1ccc(-c2nc(NCCc3cccs3)nc3nn(-c4ccc(Cl)cc4)c(N)c23)cc1OC. The summed E-state index contributed by atoms with van der Waals surface area (Å²) in [5.41, 5.74) is 9.31. The molecule has 35 heavy (non-hydrogen) atoms. The molecule has 0 saturated carbocycles. The second-order valence-corrected chi connectivity index (χ2v) is 9.16. The summed E-state index contributed by atoms with van der Waals surface area (Å²) in [6.45, 7) is 0.685. The van der Waals surface area contributed by atoms with Gasteiger partial charge in [0, 0.05) is 22.0 Å². The second kappa shape index (κ2) is 9.81. The average molecular weight is 507 g/mol. The Hall–Kier alpha value is -3.82. The van der Waals surface area contributed by atoms with E-state index in [2.05, 4.69) is 21.7 Å². The van der Waals surface area contributed by atoms with Crippen molar-refractivity contribution in [3.05, 3.63) is 69.9 Å². The van der Waals surface area contributed by atoms with Gasteiger partial charge in [-0.1, -0.05) is 17.7 Å². The molecule has 5 rings (SSSR count). The Labute approximate surface area is 211 Å². The molecule has 3 N–H and O–H groups in total.